The van der Waals surface area contributed by atoms with E-state index in [-0.39, 0.29) is 10.9 Å². The second-order valence-corrected chi connectivity index (χ2v) is 4.65. The number of hydrogen-bond donors (Lipinski definition) is 1. The van der Waals surface area contributed by atoms with Crippen LogP contribution in [-0.4, -0.2) is 9.36 Å². The van der Waals surface area contributed by atoms with Gasteiger partial charge in [-0.25, -0.2) is 0 Å². The van der Waals surface area contributed by atoms with E-state index in [4.69, 9.17) is 10.5 Å². The molecular weight excluding hydrogens is 335 g/mol. The summed E-state index contributed by atoms with van der Waals surface area (Å²) in [7, 11) is 0. The zero-order valence-electron chi connectivity index (χ0n) is 8.53. The molecule has 2 aromatic rings. The van der Waals surface area contributed by atoms with E-state index < -0.39 is 12.0 Å². The number of nitrogen functional groups attached to an aromatic ring is 1. The molecule has 9 heteroatoms. The van der Waals surface area contributed by atoms with Gasteiger partial charge >= 0.3 is 6.18 Å². The number of nitrogens with zero attached hydrogens (tertiary/aromatic N) is 2. The molecule has 1 aromatic heterocycles. The van der Waals surface area contributed by atoms with E-state index in [1.807, 2.05) is 0 Å². The first-order valence-corrected chi connectivity index (χ1v) is 6.07. The van der Waals surface area contributed by atoms with Gasteiger partial charge < -0.3 is 10.5 Å². The zero-order valence-corrected chi connectivity index (χ0v) is 10.9. The first kappa shape index (κ1) is 13.1. The summed E-state index contributed by atoms with van der Waals surface area (Å²) in [5.74, 6) is -0.942. The maximum atomic E-state index is 12.3. The average Bonchev–Trinajstić information content (AvgIpc) is 2.73. The predicted octanol–water partition coefficient (Wildman–Crippen LogP) is 3.69. The summed E-state index contributed by atoms with van der Waals surface area (Å²) < 4.78 is 45.6. The molecule has 4 nitrogen and oxygen atoms in total. The van der Waals surface area contributed by atoms with Crippen molar-refractivity contribution in [3.63, 3.8) is 0 Å². The Labute approximate surface area is 112 Å². The van der Waals surface area contributed by atoms with Crippen LogP contribution in [-0.2, 0) is 6.18 Å². The molecule has 18 heavy (non-hydrogen) atoms. The quantitative estimate of drug-likeness (QED) is 0.847. The third-order valence-corrected chi connectivity index (χ3v) is 3.30. The third-order valence-electron chi connectivity index (χ3n) is 1.85. The smallest absolute Gasteiger partial charge is 0.429 e. The highest BCUT2D eigenvalue weighted by Crippen LogP contribution is 2.36. The lowest BCUT2D eigenvalue weighted by Gasteiger charge is -2.05. The van der Waals surface area contributed by atoms with Crippen LogP contribution in [0.2, 0.25) is 0 Å². The molecule has 0 aliphatic heterocycles. The highest BCUT2D eigenvalue weighted by Gasteiger charge is 2.36. The summed E-state index contributed by atoms with van der Waals surface area (Å²) in [4.78, 5) is 3.25. The van der Waals surface area contributed by atoms with E-state index in [9.17, 15) is 13.2 Å². The first-order chi connectivity index (χ1) is 8.38. The minimum atomic E-state index is -4.58. The van der Waals surface area contributed by atoms with Crippen LogP contribution in [0.3, 0.4) is 0 Å². The SMILES string of the molecule is Nc1cccc(Oc2nc(C(F)(F)F)ns2)c1Br. The van der Waals surface area contributed by atoms with E-state index >= 15 is 0 Å². The number of halogens is 4. The maximum Gasteiger partial charge on any atom is 0.452 e. The van der Waals surface area contributed by atoms with Crippen molar-refractivity contribution in [3.8, 4) is 10.9 Å². The van der Waals surface area contributed by atoms with Crippen molar-refractivity contribution in [1.82, 2.24) is 9.36 Å². The van der Waals surface area contributed by atoms with Crippen molar-refractivity contribution in [2.45, 2.75) is 6.18 Å². The molecule has 0 saturated heterocycles. The van der Waals surface area contributed by atoms with Gasteiger partial charge in [-0.3, -0.25) is 0 Å². The summed E-state index contributed by atoms with van der Waals surface area (Å²) >= 11 is 3.69. The van der Waals surface area contributed by atoms with Crippen molar-refractivity contribution >= 4 is 33.1 Å². The Morgan fingerprint density at radius 3 is 2.67 bits per heavy atom. The molecule has 0 radical (unpaired) electrons. The van der Waals surface area contributed by atoms with Crippen LogP contribution in [0.15, 0.2) is 22.7 Å². The van der Waals surface area contributed by atoms with Crippen molar-refractivity contribution < 1.29 is 17.9 Å². The summed E-state index contributed by atoms with van der Waals surface area (Å²) in [6, 6.07) is 4.79. The number of aromatic nitrogens is 2. The Morgan fingerprint density at radius 2 is 2.06 bits per heavy atom. The molecule has 0 aliphatic carbocycles. The largest absolute Gasteiger partial charge is 0.452 e. The molecule has 0 amide bonds. The average molecular weight is 340 g/mol. The molecule has 0 unspecified atom stereocenters. The fourth-order valence-electron chi connectivity index (χ4n) is 1.07. The molecule has 0 aliphatic rings. The minimum absolute atomic E-state index is 0.200. The molecule has 0 bridgehead atoms. The number of anilines is 1. The highest BCUT2D eigenvalue weighted by molar-refractivity contribution is 9.10. The van der Waals surface area contributed by atoms with Gasteiger partial charge in [0.1, 0.15) is 5.75 Å². The number of hydrogen-bond acceptors (Lipinski definition) is 5. The maximum absolute atomic E-state index is 12.3. The highest BCUT2D eigenvalue weighted by atomic mass is 79.9. The van der Waals surface area contributed by atoms with E-state index in [0.717, 1.165) is 0 Å². The van der Waals surface area contributed by atoms with Gasteiger partial charge in [0.15, 0.2) is 0 Å². The lowest BCUT2D eigenvalue weighted by Crippen LogP contribution is -2.06. The van der Waals surface area contributed by atoms with Crippen molar-refractivity contribution in [2.24, 2.45) is 0 Å². The summed E-state index contributed by atoms with van der Waals surface area (Å²) in [5.41, 5.74) is 6.02. The van der Waals surface area contributed by atoms with Crippen molar-refractivity contribution in [1.29, 1.82) is 0 Å². The van der Waals surface area contributed by atoms with Gasteiger partial charge in [-0.05, 0) is 28.1 Å². The normalized spacial score (nSPS) is 11.6. The molecule has 0 atom stereocenters. The number of benzene rings is 1. The van der Waals surface area contributed by atoms with E-state index in [2.05, 4.69) is 25.3 Å². The number of ether oxygens (including phenoxy) is 1. The Kier molecular flexibility index (Phi) is 3.44. The molecule has 0 spiro atoms. The van der Waals surface area contributed by atoms with Gasteiger partial charge in [0, 0.05) is 17.2 Å². The molecule has 1 heterocycles. The van der Waals surface area contributed by atoms with Gasteiger partial charge in [0.2, 0.25) is 0 Å². The van der Waals surface area contributed by atoms with Gasteiger partial charge in [-0.2, -0.15) is 22.5 Å². The lowest BCUT2D eigenvalue weighted by atomic mass is 10.3. The Bertz CT molecular complexity index is 572. The predicted molar refractivity (Wildman–Crippen MR) is 63.5 cm³/mol. The minimum Gasteiger partial charge on any atom is -0.429 e. The van der Waals surface area contributed by atoms with E-state index in [0.29, 0.717) is 21.7 Å². The molecule has 2 N–H and O–H groups in total. The number of alkyl halides is 3. The zero-order chi connectivity index (χ0) is 13.3. The van der Waals surface area contributed by atoms with Crippen LogP contribution in [0.1, 0.15) is 5.82 Å². The molecular formula is C9H5BrF3N3OS. The van der Waals surface area contributed by atoms with Crippen LogP contribution in [0.4, 0.5) is 18.9 Å². The first-order valence-electron chi connectivity index (χ1n) is 4.50. The van der Waals surface area contributed by atoms with Crippen molar-refractivity contribution in [2.75, 3.05) is 5.73 Å². The molecule has 0 saturated carbocycles. The summed E-state index contributed by atoms with van der Waals surface area (Å²) in [5, 5.41) is -0.200. The number of nitrogens with two attached hydrogens (primary N) is 1. The monoisotopic (exact) mass is 339 g/mol. The number of rotatable bonds is 2. The van der Waals surface area contributed by atoms with E-state index in [1.165, 1.54) is 0 Å². The summed E-state index contributed by atoms with van der Waals surface area (Å²) in [6.45, 7) is 0. The van der Waals surface area contributed by atoms with Gasteiger partial charge in [0.25, 0.3) is 11.0 Å². The van der Waals surface area contributed by atoms with Crippen LogP contribution < -0.4 is 10.5 Å². The van der Waals surface area contributed by atoms with Gasteiger partial charge in [-0.1, -0.05) is 6.07 Å². The van der Waals surface area contributed by atoms with Gasteiger partial charge in [-0.15, -0.1) is 0 Å². The molecule has 96 valence electrons. The Balaban J connectivity index is 2.24. The van der Waals surface area contributed by atoms with Crippen LogP contribution in [0.5, 0.6) is 10.9 Å². The fraction of sp³-hybridized carbons (Fsp3) is 0.111. The fourth-order valence-corrected chi connectivity index (χ4v) is 1.98. The third kappa shape index (κ3) is 2.72. The second kappa shape index (κ2) is 4.73. The van der Waals surface area contributed by atoms with Crippen LogP contribution >= 0.6 is 27.5 Å². The topological polar surface area (TPSA) is 61.0 Å². The van der Waals surface area contributed by atoms with Crippen LogP contribution in [0.25, 0.3) is 0 Å². The standard InChI is InChI=1S/C9H5BrF3N3OS/c10-6-4(14)2-1-3-5(6)17-8-15-7(16-18-8)9(11,12)13/h1-3H,14H2. The second-order valence-electron chi connectivity index (χ2n) is 3.14. The lowest BCUT2D eigenvalue weighted by molar-refractivity contribution is -0.144. The van der Waals surface area contributed by atoms with Crippen molar-refractivity contribution in [3.05, 3.63) is 28.5 Å². The Morgan fingerprint density at radius 1 is 1.33 bits per heavy atom. The van der Waals surface area contributed by atoms with Gasteiger partial charge in [0.05, 0.1) is 4.47 Å². The van der Waals surface area contributed by atoms with Crippen LogP contribution in [0, 0.1) is 0 Å². The molecule has 1 aromatic carbocycles. The van der Waals surface area contributed by atoms with E-state index in [1.54, 1.807) is 18.2 Å². The summed E-state index contributed by atoms with van der Waals surface area (Å²) in [6.07, 6.45) is -4.58. The molecule has 0 fully saturated rings. The molecule has 2 rings (SSSR count). The Hall–Kier alpha value is -1.35.